The topological polar surface area (TPSA) is 69.6 Å². The molecule has 23 heavy (non-hydrogen) atoms. The van der Waals surface area contributed by atoms with Gasteiger partial charge in [0.2, 0.25) is 11.8 Å². The lowest BCUT2D eigenvalue weighted by Crippen LogP contribution is -2.28. The van der Waals surface area contributed by atoms with Crippen molar-refractivity contribution in [2.45, 2.75) is 6.42 Å². The molecule has 1 aliphatic heterocycles. The van der Waals surface area contributed by atoms with E-state index in [4.69, 9.17) is 0 Å². The summed E-state index contributed by atoms with van der Waals surface area (Å²) in [5.41, 5.74) is 1.05. The Balaban J connectivity index is 1.69. The summed E-state index contributed by atoms with van der Waals surface area (Å²) in [5, 5.41) is 12.1. The van der Waals surface area contributed by atoms with Crippen LogP contribution in [0.2, 0.25) is 0 Å². The van der Waals surface area contributed by atoms with E-state index in [0.717, 1.165) is 0 Å². The molecule has 3 rings (SSSR count). The number of hydrogen-bond donors (Lipinski definition) is 2. The number of anilines is 2. The molecule has 0 unspecified atom stereocenters. The number of benzene rings is 2. The van der Waals surface area contributed by atoms with Gasteiger partial charge in [0.05, 0.1) is 5.92 Å². The van der Waals surface area contributed by atoms with Crippen LogP contribution in [0.25, 0.3) is 0 Å². The molecule has 1 heterocycles. The van der Waals surface area contributed by atoms with Crippen LogP contribution in [-0.4, -0.2) is 23.5 Å². The van der Waals surface area contributed by atoms with Crippen LogP contribution in [-0.2, 0) is 9.59 Å². The smallest absolute Gasteiger partial charge is 0.229 e. The maximum absolute atomic E-state index is 13.0. The van der Waals surface area contributed by atoms with Crippen LogP contribution in [0.15, 0.2) is 48.5 Å². The highest BCUT2D eigenvalue weighted by Gasteiger charge is 2.35. The van der Waals surface area contributed by atoms with Crippen LogP contribution in [0.1, 0.15) is 6.42 Å². The van der Waals surface area contributed by atoms with Crippen molar-refractivity contribution in [1.29, 1.82) is 0 Å². The number of amides is 2. The minimum atomic E-state index is -0.491. The van der Waals surface area contributed by atoms with Crippen molar-refractivity contribution in [2.75, 3.05) is 16.8 Å². The predicted octanol–water partition coefficient (Wildman–Crippen LogP) is 2.52. The SMILES string of the molecule is O=C(Nc1cccc(O)c1)[C@H]1CC(=O)N(c2ccc(F)cc2)C1. The Morgan fingerprint density at radius 2 is 1.96 bits per heavy atom. The zero-order chi connectivity index (χ0) is 16.4. The van der Waals surface area contributed by atoms with E-state index in [-0.39, 0.29) is 36.3 Å². The zero-order valence-electron chi connectivity index (χ0n) is 12.2. The van der Waals surface area contributed by atoms with Crippen LogP contribution in [0, 0.1) is 11.7 Å². The summed E-state index contributed by atoms with van der Waals surface area (Å²) in [6.45, 7) is 0.245. The number of phenolic OH excluding ortho intramolecular Hbond substituents is 1. The number of phenols is 1. The number of hydrogen-bond acceptors (Lipinski definition) is 3. The summed E-state index contributed by atoms with van der Waals surface area (Å²) in [6, 6.07) is 11.8. The van der Waals surface area contributed by atoms with E-state index in [1.807, 2.05) is 0 Å². The fourth-order valence-corrected chi connectivity index (χ4v) is 2.58. The van der Waals surface area contributed by atoms with Crippen molar-refractivity contribution in [2.24, 2.45) is 5.92 Å². The summed E-state index contributed by atoms with van der Waals surface area (Å²) < 4.78 is 13.0. The van der Waals surface area contributed by atoms with Gasteiger partial charge in [-0.1, -0.05) is 6.07 Å². The summed E-state index contributed by atoms with van der Waals surface area (Å²) in [6.07, 6.45) is 0.0992. The fourth-order valence-electron chi connectivity index (χ4n) is 2.58. The second-order valence-electron chi connectivity index (χ2n) is 5.42. The molecule has 2 aromatic carbocycles. The number of rotatable bonds is 3. The van der Waals surface area contributed by atoms with Crippen LogP contribution < -0.4 is 10.2 Å². The van der Waals surface area contributed by atoms with Gasteiger partial charge in [0, 0.05) is 30.4 Å². The van der Waals surface area contributed by atoms with E-state index in [9.17, 15) is 19.1 Å². The molecule has 1 fully saturated rings. The molecule has 5 nitrogen and oxygen atoms in total. The van der Waals surface area contributed by atoms with E-state index in [0.29, 0.717) is 11.4 Å². The highest BCUT2D eigenvalue weighted by Crippen LogP contribution is 2.26. The molecular weight excluding hydrogens is 299 g/mol. The standard InChI is InChI=1S/C17H15FN2O3/c18-12-4-6-14(7-5-12)20-10-11(8-16(20)22)17(23)19-13-2-1-3-15(21)9-13/h1-7,9,11,21H,8,10H2,(H,19,23)/t11-/m0/s1. The van der Waals surface area contributed by atoms with Gasteiger partial charge in [-0.15, -0.1) is 0 Å². The van der Waals surface area contributed by atoms with Crippen molar-refractivity contribution in [3.8, 4) is 5.75 Å². The number of carbonyl (C=O) groups is 2. The van der Waals surface area contributed by atoms with E-state index in [1.165, 1.54) is 41.3 Å². The molecule has 0 saturated carbocycles. The van der Waals surface area contributed by atoms with Crippen LogP contribution in [0.5, 0.6) is 5.75 Å². The molecule has 1 atom stereocenters. The molecule has 0 aliphatic carbocycles. The molecule has 0 aromatic heterocycles. The third-order valence-electron chi connectivity index (χ3n) is 3.75. The number of nitrogens with zero attached hydrogens (tertiary/aromatic N) is 1. The quantitative estimate of drug-likeness (QED) is 0.914. The average Bonchev–Trinajstić information content (AvgIpc) is 2.90. The van der Waals surface area contributed by atoms with Gasteiger partial charge in [-0.25, -0.2) is 4.39 Å². The maximum atomic E-state index is 13.0. The molecule has 2 N–H and O–H groups in total. The molecule has 2 amide bonds. The lowest BCUT2D eigenvalue weighted by Gasteiger charge is -2.16. The van der Waals surface area contributed by atoms with Crippen molar-refractivity contribution in [3.05, 3.63) is 54.3 Å². The van der Waals surface area contributed by atoms with Gasteiger partial charge >= 0.3 is 0 Å². The van der Waals surface area contributed by atoms with Crippen molar-refractivity contribution in [3.63, 3.8) is 0 Å². The third kappa shape index (κ3) is 3.31. The summed E-state index contributed by atoms with van der Waals surface area (Å²) in [7, 11) is 0. The van der Waals surface area contributed by atoms with Gasteiger partial charge < -0.3 is 15.3 Å². The normalized spacial score (nSPS) is 17.3. The van der Waals surface area contributed by atoms with Crippen LogP contribution in [0.3, 0.4) is 0 Å². The average molecular weight is 314 g/mol. The van der Waals surface area contributed by atoms with E-state index in [2.05, 4.69) is 5.32 Å². The molecule has 1 saturated heterocycles. The molecule has 0 radical (unpaired) electrons. The Morgan fingerprint density at radius 3 is 2.65 bits per heavy atom. The van der Waals surface area contributed by atoms with Gasteiger partial charge in [0.25, 0.3) is 0 Å². The van der Waals surface area contributed by atoms with Gasteiger partial charge in [-0.3, -0.25) is 9.59 Å². The van der Waals surface area contributed by atoms with Crippen LogP contribution in [0.4, 0.5) is 15.8 Å². The van der Waals surface area contributed by atoms with Crippen molar-refractivity contribution >= 4 is 23.2 Å². The van der Waals surface area contributed by atoms with Gasteiger partial charge in [-0.05, 0) is 36.4 Å². The summed E-state index contributed by atoms with van der Waals surface area (Å²) in [5.74, 6) is -1.27. The Bertz CT molecular complexity index is 746. The number of carbonyl (C=O) groups excluding carboxylic acids is 2. The predicted molar refractivity (Wildman–Crippen MR) is 83.6 cm³/mol. The minimum Gasteiger partial charge on any atom is -0.508 e. The molecule has 2 aromatic rings. The number of aromatic hydroxyl groups is 1. The Hall–Kier alpha value is -2.89. The van der Waals surface area contributed by atoms with Gasteiger partial charge in [-0.2, -0.15) is 0 Å². The van der Waals surface area contributed by atoms with E-state index >= 15 is 0 Å². The lowest BCUT2D eigenvalue weighted by atomic mass is 10.1. The maximum Gasteiger partial charge on any atom is 0.229 e. The number of halogens is 1. The Labute approximate surface area is 132 Å². The van der Waals surface area contributed by atoms with Gasteiger partial charge in [0.15, 0.2) is 0 Å². The minimum absolute atomic E-state index is 0.0539. The Morgan fingerprint density at radius 1 is 1.22 bits per heavy atom. The molecule has 0 bridgehead atoms. The second-order valence-corrected chi connectivity index (χ2v) is 5.42. The monoisotopic (exact) mass is 314 g/mol. The lowest BCUT2D eigenvalue weighted by molar-refractivity contribution is -0.122. The van der Waals surface area contributed by atoms with Crippen molar-refractivity contribution in [1.82, 2.24) is 0 Å². The molecular formula is C17H15FN2O3. The number of nitrogens with one attached hydrogen (secondary N) is 1. The molecule has 6 heteroatoms. The first-order valence-electron chi connectivity index (χ1n) is 7.19. The summed E-state index contributed by atoms with van der Waals surface area (Å²) >= 11 is 0. The second kappa shape index (κ2) is 6.08. The van der Waals surface area contributed by atoms with Crippen LogP contribution >= 0.6 is 0 Å². The highest BCUT2D eigenvalue weighted by atomic mass is 19.1. The largest absolute Gasteiger partial charge is 0.508 e. The first kappa shape index (κ1) is 15.0. The Kier molecular flexibility index (Phi) is 3.97. The van der Waals surface area contributed by atoms with Gasteiger partial charge in [0.1, 0.15) is 11.6 Å². The first-order chi connectivity index (χ1) is 11.0. The summed E-state index contributed by atoms with van der Waals surface area (Å²) in [4.78, 5) is 25.8. The molecule has 1 aliphatic rings. The third-order valence-corrected chi connectivity index (χ3v) is 3.75. The fraction of sp³-hybridized carbons (Fsp3) is 0.176. The first-order valence-corrected chi connectivity index (χ1v) is 7.19. The molecule has 0 spiro atoms. The zero-order valence-corrected chi connectivity index (χ0v) is 12.2. The van der Waals surface area contributed by atoms with Crippen molar-refractivity contribution < 1.29 is 19.1 Å². The van der Waals surface area contributed by atoms with E-state index in [1.54, 1.807) is 12.1 Å². The highest BCUT2D eigenvalue weighted by molar-refractivity contribution is 6.03. The molecule has 118 valence electrons. The van der Waals surface area contributed by atoms with E-state index < -0.39 is 5.92 Å².